The van der Waals surface area contributed by atoms with Crippen LogP contribution in [0.15, 0.2) is 60.7 Å². The fourth-order valence-corrected chi connectivity index (χ4v) is 2.93. The van der Waals surface area contributed by atoms with E-state index in [9.17, 15) is 0 Å². The minimum absolute atomic E-state index is 1.18. The van der Waals surface area contributed by atoms with Crippen LogP contribution in [-0.4, -0.2) is 0 Å². The Morgan fingerprint density at radius 1 is 0.762 bits per heavy atom. The van der Waals surface area contributed by atoms with Gasteiger partial charge in [0.05, 0.1) is 0 Å². The van der Waals surface area contributed by atoms with Gasteiger partial charge in [0, 0.05) is 0 Å². The Labute approximate surface area is 127 Å². The second-order valence-corrected chi connectivity index (χ2v) is 5.63. The van der Waals surface area contributed by atoms with Gasteiger partial charge in [-0.05, 0) is 39.9 Å². The minimum Gasteiger partial charge on any atom is -0.0839 e. The third-order valence-electron chi connectivity index (χ3n) is 4.09. The summed E-state index contributed by atoms with van der Waals surface area (Å²) in [4.78, 5) is 0. The molecule has 106 valence electrons. The number of hydrogen-bond donors (Lipinski definition) is 0. The molecule has 0 nitrogen and oxygen atoms in total. The van der Waals surface area contributed by atoms with Crippen LogP contribution in [0.4, 0.5) is 0 Å². The summed E-state index contributed by atoms with van der Waals surface area (Å²) in [6.45, 7) is 2.25. The first-order valence-electron chi connectivity index (χ1n) is 7.97. The van der Waals surface area contributed by atoms with Crippen molar-refractivity contribution in [3.05, 3.63) is 66.2 Å². The molecule has 3 aromatic carbocycles. The van der Waals surface area contributed by atoms with Gasteiger partial charge in [-0.1, -0.05) is 86.5 Å². The highest BCUT2D eigenvalue weighted by Crippen LogP contribution is 2.28. The maximum atomic E-state index is 2.32. The lowest BCUT2D eigenvalue weighted by atomic mass is 9.98. The lowest BCUT2D eigenvalue weighted by molar-refractivity contribution is 0.730. The quantitative estimate of drug-likeness (QED) is 0.364. The molecule has 0 unspecified atom stereocenters. The second kappa shape index (κ2) is 6.58. The number of benzene rings is 3. The maximum Gasteiger partial charge on any atom is -0.00994 e. The smallest absolute Gasteiger partial charge is 0.00994 e. The molecule has 0 aromatic heterocycles. The Morgan fingerprint density at radius 3 is 2.52 bits per heavy atom. The van der Waals surface area contributed by atoms with Crippen LogP contribution < -0.4 is 0 Å². The van der Waals surface area contributed by atoms with Gasteiger partial charge in [0.15, 0.2) is 0 Å². The van der Waals surface area contributed by atoms with E-state index in [1.807, 2.05) is 0 Å². The number of fused-ring (bicyclic) bond motifs is 3. The molecule has 21 heavy (non-hydrogen) atoms. The molecule has 0 N–H and O–H groups in total. The fraction of sp³-hybridized carbons (Fsp3) is 0.238. The van der Waals surface area contributed by atoms with E-state index in [0.717, 1.165) is 0 Å². The maximum absolute atomic E-state index is 2.32. The summed E-state index contributed by atoms with van der Waals surface area (Å²) >= 11 is 0. The third-order valence-corrected chi connectivity index (χ3v) is 4.09. The molecule has 0 fully saturated rings. The van der Waals surface area contributed by atoms with E-state index < -0.39 is 0 Å². The number of allylic oxidation sites excluding steroid dienone is 1. The zero-order valence-electron chi connectivity index (χ0n) is 12.7. The Balaban J connectivity index is 1.98. The van der Waals surface area contributed by atoms with Crippen molar-refractivity contribution in [1.29, 1.82) is 0 Å². The first-order chi connectivity index (χ1) is 10.4. The van der Waals surface area contributed by atoms with Gasteiger partial charge in [-0.3, -0.25) is 0 Å². The average molecular weight is 274 g/mol. The predicted octanol–water partition coefficient (Wildman–Crippen LogP) is 6.59. The van der Waals surface area contributed by atoms with Crippen LogP contribution in [0, 0.1) is 0 Å². The number of hydrogen-bond acceptors (Lipinski definition) is 0. The van der Waals surface area contributed by atoms with Gasteiger partial charge in [-0.25, -0.2) is 0 Å². The third kappa shape index (κ3) is 3.00. The van der Waals surface area contributed by atoms with Gasteiger partial charge < -0.3 is 0 Å². The first-order valence-corrected chi connectivity index (χ1v) is 7.97. The first kappa shape index (κ1) is 13.9. The molecular formula is C21H22. The Hall–Kier alpha value is -2.08. The van der Waals surface area contributed by atoms with Gasteiger partial charge in [0.1, 0.15) is 0 Å². The molecule has 0 aliphatic carbocycles. The van der Waals surface area contributed by atoms with Crippen LogP contribution >= 0.6 is 0 Å². The summed E-state index contributed by atoms with van der Waals surface area (Å²) in [5, 5.41) is 5.36. The van der Waals surface area contributed by atoms with Crippen LogP contribution in [-0.2, 0) is 0 Å². The highest BCUT2D eigenvalue weighted by Gasteiger charge is 2.02. The molecule has 0 amide bonds. The number of rotatable bonds is 5. The average Bonchev–Trinajstić information content (AvgIpc) is 2.54. The van der Waals surface area contributed by atoms with Crippen LogP contribution in [0.5, 0.6) is 0 Å². The highest BCUT2D eigenvalue weighted by molar-refractivity contribution is 6.09. The van der Waals surface area contributed by atoms with Crippen LogP contribution in [0.3, 0.4) is 0 Å². The predicted molar refractivity (Wildman–Crippen MR) is 94.6 cm³/mol. The molecule has 0 aliphatic rings. The van der Waals surface area contributed by atoms with Crippen molar-refractivity contribution in [3.8, 4) is 0 Å². The zero-order valence-corrected chi connectivity index (χ0v) is 12.7. The Bertz CT molecular complexity index is 765. The van der Waals surface area contributed by atoms with Crippen molar-refractivity contribution >= 4 is 27.6 Å². The van der Waals surface area contributed by atoms with Crippen molar-refractivity contribution in [3.63, 3.8) is 0 Å². The van der Waals surface area contributed by atoms with Crippen LogP contribution in [0.25, 0.3) is 27.6 Å². The molecule has 0 saturated carbocycles. The monoisotopic (exact) mass is 274 g/mol. The van der Waals surface area contributed by atoms with Gasteiger partial charge in [0.25, 0.3) is 0 Å². The molecule has 3 aromatic rings. The van der Waals surface area contributed by atoms with Crippen molar-refractivity contribution < 1.29 is 0 Å². The molecule has 0 aliphatic heterocycles. The molecule has 0 heterocycles. The van der Waals surface area contributed by atoms with Crippen molar-refractivity contribution in [2.75, 3.05) is 0 Å². The lowest BCUT2D eigenvalue weighted by Gasteiger charge is -2.06. The molecule has 0 saturated heterocycles. The standard InChI is InChI=1S/C21H22/c1-2-3-4-5-6-10-17-12-9-14-21-19-13-8-7-11-18(19)15-16-20(17)21/h6-16H,2-5H2,1H3. The lowest BCUT2D eigenvalue weighted by Crippen LogP contribution is -1.81. The van der Waals surface area contributed by atoms with E-state index in [-0.39, 0.29) is 0 Å². The van der Waals surface area contributed by atoms with Gasteiger partial charge >= 0.3 is 0 Å². The van der Waals surface area contributed by atoms with E-state index in [4.69, 9.17) is 0 Å². The molecule has 0 atom stereocenters. The topological polar surface area (TPSA) is 0 Å². The van der Waals surface area contributed by atoms with Gasteiger partial charge in [-0.15, -0.1) is 0 Å². The van der Waals surface area contributed by atoms with Gasteiger partial charge in [0.2, 0.25) is 0 Å². The van der Waals surface area contributed by atoms with Crippen molar-refractivity contribution in [2.24, 2.45) is 0 Å². The molecule has 0 spiro atoms. The Kier molecular flexibility index (Phi) is 4.35. The highest BCUT2D eigenvalue weighted by atomic mass is 14.1. The summed E-state index contributed by atoms with van der Waals surface area (Å²) in [6.07, 6.45) is 9.68. The van der Waals surface area contributed by atoms with E-state index in [1.165, 1.54) is 52.8 Å². The zero-order chi connectivity index (χ0) is 14.5. The van der Waals surface area contributed by atoms with E-state index in [0.29, 0.717) is 0 Å². The fourth-order valence-electron chi connectivity index (χ4n) is 2.93. The van der Waals surface area contributed by atoms with E-state index in [2.05, 4.69) is 73.7 Å². The molecular weight excluding hydrogens is 252 g/mol. The Morgan fingerprint density at radius 2 is 1.62 bits per heavy atom. The van der Waals surface area contributed by atoms with Crippen molar-refractivity contribution in [1.82, 2.24) is 0 Å². The molecule has 0 heteroatoms. The molecule has 3 rings (SSSR count). The minimum atomic E-state index is 1.18. The summed E-state index contributed by atoms with van der Waals surface area (Å²) in [5.41, 5.74) is 1.33. The van der Waals surface area contributed by atoms with Crippen LogP contribution in [0.2, 0.25) is 0 Å². The summed E-state index contributed by atoms with van der Waals surface area (Å²) in [7, 11) is 0. The number of unbranched alkanes of at least 4 members (excludes halogenated alkanes) is 3. The summed E-state index contributed by atoms with van der Waals surface area (Å²) in [6, 6.07) is 19.7. The van der Waals surface area contributed by atoms with E-state index in [1.54, 1.807) is 0 Å². The summed E-state index contributed by atoms with van der Waals surface area (Å²) < 4.78 is 0. The SMILES string of the molecule is CCCCCC=Cc1cccc2c1ccc1ccccc12. The largest absolute Gasteiger partial charge is 0.0839 e. The van der Waals surface area contributed by atoms with Gasteiger partial charge in [-0.2, -0.15) is 0 Å². The summed E-state index contributed by atoms with van der Waals surface area (Å²) in [5.74, 6) is 0. The molecule has 0 bridgehead atoms. The van der Waals surface area contributed by atoms with Crippen molar-refractivity contribution in [2.45, 2.75) is 32.6 Å². The molecule has 0 radical (unpaired) electrons. The van der Waals surface area contributed by atoms with Crippen LogP contribution in [0.1, 0.15) is 38.2 Å². The normalized spacial score (nSPS) is 11.7. The van der Waals surface area contributed by atoms with E-state index >= 15 is 0 Å². The second-order valence-electron chi connectivity index (χ2n) is 5.63.